The smallest absolute Gasteiger partial charge is 0.333 e. The van der Waals surface area contributed by atoms with Crippen molar-refractivity contribution in [3.05, 3.63) is 211 Å². The van der Waals surface area contributed by atoms with Crippen LogP contribution in [0.25, 0.3) is 66.4 Å². The number of nitrogens with zero attached hydrogens (tertiary/aromatic N) is 2. The van der Waals surface area contributed by atoms with E-state index in [1.54, 1.807) is 0 Å². The van der Waals surface area contributed by atoms with E-state index in [1.165, 1.54) is 94.9 Å². The third-order valence-electron chi connectivity index (χ3n) is 15.4. The molecule has 0 amide bonds. The van der Waals surface area contributed by atoms with Gasteiger partial charge in [0.05, 0.1) is 0 Å². The topological polar surface area (TPSA) is 19.6 Å². The summed E-state index contributed by atoms with van der Waals surface area (Å²) in [6.45, 7) is 11.9. The molecule has 0 saturated carbocycles. The summed E-state index contributed by atoms with van der Waals surface area (Å²) in [6, 6.07) is 72.1. The van der Waals surface area contributed by atoms with Crippen LogP contribution in [-0.2, 0) is 10.8 Å². The second-order valence-corrected chi connectivity index (χ2v) is 20.4. The van der Waals surface area contributed by atoms with Crippen LogP contribution in [0.5, 0.6) is 0 Å². The van der Waals surface area contributed by atoms with Crippen molar-refractivity contribution in [2.24, 2.45) is 0 Å². The van der Waals surface area contributed by atoms with Gasteiger partial charge in [0.25, 0.3) is 0 Å². The molecule has 1 aliphatic carbocycles. The molecule has 13 rings (SSSR count). The van der Waals surface area contributed by atoms with Gasteiger partial charge in [0.15, 0.2) is 0 Å². The molecule has 0 spiro atoms. The number of para-hydroxylation sites is 1. The number of rotatable bonds is 5. The van der Waals surface area contributed by atoms with Gasteiger partial charge in [-0.2, -0.15) is 0 Å². The lowest BCUT2D eigenvalue weighted by Crippen LogP contribution is -2.62. The number of hydrogen-bond donors (Lipinski definition) is 0. The zero-order valence-corrected chi connectivity index (χ0v) is 38.8. The van der Waals surface area contributed by atoms with Crippen LogP contribution in [-0.4, -0.2) is 6.85 Å². The zero-order valence-electron chi connectivity index (χ0n) is 38.8. The molecule has 3 heterocycles. The molecule has 10 aromatic rings. The van der Waals surface area contributed by atoms with Crippen LogP contribution in [0.3, 0.4) is 0 Å². The maximum Gasteiger partial charge on any atom is 0.333 e. The Kier molecular flexibility index (Phi) is 8.74. The monoisotopic (exact) mass is 862 g/mol. The zero-order chi connectivity index (χ0) is 45.2. The van der Waals surface area contributed by atoms with Crippen LogP contribution >= 0.6 is 0 Å². The van der Waals surface area contributed by atoms with Crippen LogP contribution in [0.2, 0.25) is 0 Å². The van der Waals surface area contributed by atoms with Crippen molar-refractivity contribution in [2.75, 3.05) is 9.71 Å². The van der Waals surface area contributed by atoms with Crippen molar-refractivity contribution in [1.29, 1.82) is 0 Å². The molecular formula is C63H51BN2O. The summed E-state index contributed by atoms with van der Waals surface area (Å²) in [5.41, 5.74) is 24.0. The third kappa shape index (κ3) is 6.12. The molecule has 1 aromatic heterocycles. The highest BCUT2D eigenvalue weighted by Crippen LogP contribution is 2.54. The molecule has 3 nitrogen and oxygen atoms in total. The Morgan fingerprint density at radius 3 is 1.66 bits per heavy atom. The number of furan rings is 1. The lowest BCUT2D eigenvalue weighted by Gasteiger charge is -2.48. The van der Waals surface area contributed by atoms with Gasteiger partial charge < -0.3 is 14.1 Å². The Balaban J connectivity index is 1.18. The summed E-state index contributed by atoms with van der Waals surface area (Å²) < 4.78 is 7.14. The molecular weight excluding hydrogens is 812 g/mol. The first-order valence-electron chi connectivity index (χ1n) is 23.9. The number of anilines is 5. The molecule has 4 heteroatoms. The van der Waals surface area contributed by atoms with E-state index in [0.29, 0.717) is 0 Å². The molecule has 0 unspecified atom stereocenters. The minimum absolute atomic E-state index is 0.000652. The van der Waals surface area contributed by atoms with Gasteiger partial charge in [0.1, 0.15) is 11.2 Å². The Hall–Kier alpha value is -7.56. The van der Waals surface area contributed by atoms with Crippen molar-refractivity contribution >= 4 is 68.1 Å². The highest BCUT2D eigenvalue weighted by Gasteiger charge is 2.49. The molecule has 0 bridgehead atoms. The van der Waals surface area contributed by atoms with Crippen molar-refractivity contribution in [3.63, 3.8) is 0 Å². The summed E-state index contributed by atoms with van der Waals surface area (Å²) in [6.07, 6.45) is 2.27. The van der Waals surface area contributed by atoms with Gasteiger partial charge >= 0.3 is 6.85 Å². The summed E-state index contributed by atoms with van der Waals surface area (Å²) in [5.74, 6) is 0. The van der Waals surface area contributed by atoms with E-state index in [4.69, 9.17) is 4.42 Å². The fourth-order valence-electron chi connectivity index (χ4n) is 11.7. The van der Waals surface area contributed by atoms with Crippen LogP contribution in [0.15, 0.2) is 199 Å². The molecule has 67 heavy (non-hydrogen) atoms. The molecule has 9 aromatic carbocycles. The number of aryl methyl sites for hydroxylation is 1. The molecule has 0 radical (unpaired) electrons. The normalized spacial score (nSPS) is 15.3. The Bertz CT molecular complexity index is 3590. The minimum atomic E-state index is -0.182. The highest BCUT2D eigenvalue weighted by molar-refractivity contribution is 6.94. The summed E-state index contributed by atoms with van der Waals surface area (Å²) >= 11 is 0. The molecule has 0 atom stereocenters. The predicted molar refractivity (Wildman–Crippen MR) is 284 cm³/mol. The van der Waals surface area contributed by atoms with Crippen LogP contribution < -0.4 is 20.6 Å². The standard InChI is InChI=1S/C63H51BN2O/c1-40-25-26-45(42-19-11-7-12-20-42)35-54(40)65-56-39-52-51(62(2,3)33-34-63(52,4)5)38-53(56)64-60-57(65)37-50-48-23-15-16-24-58(48)67-61(50)59(60)49-32-29-46(43-21-13-8-14-22-43)36-55(49)66(64)47-30-27-44(28-31-47)41-17-9-6-10-18-41/h6-32,35-39H,33-34H2,1-5H3. The Morgan fingerprint density at radius 1 is 0.463 bits per heavy atom. The highest BCUT2D eigenvalue weighted by atomic mass is 16.3. The molecule has 322 valence electrons. The first-order chi connectivity index (χ1) is 32.6. The predicted octanol–water partition coefficient (Wildman–Crippen LogP) is 16.0. The van der Waals surface area contributed by atoms with Crippen LogP contribution in [0.4, 0.5) is 28.4 Å². The van der Waals surface area contributed by atoms with Crippen molar-refractivity contribution in [1.82, 2.24) is 0 Å². The Labute approximate surface area is 394 Å². The lowest BCUT2D eigenvalue weighted by molar-refractivity contribution is 0.332. The van der Waals surface area contributed by atoms with Gasteiger partial charge in [0, 0.05) is 50.3 Å². The fourth-order valence-corrected chi connectivity index (χ4v) is 11.7. The largest absolute Gasteiger partial charge is 0.455 e. The Morgan fingerprint density at radius 2 is 1.00 bits per heavy atom. The van der Waals surface area contributed by atoms with Gasteiger partial charge in [0.2, 0.25) is 0 Å². The molecule has 3 aliphatic rings. The van der Waals surface area contributed by atoms with Gasteiger partial charge in [-0.15, -0.1) is 0 Å². The number of benzene rings is 9. The summed E-state index contributed by atoms with van der Waals surface area (Å²) in [5, 5.41) is 2.26. The molecule has 0 N–H and O–H groups in total. The van der Waals surface area contributed by atoms with Crippen LogP contribution in [0, 0.1) is 6.92 Å². The number of hydrogen-bond acceptors (Lipinski definition) is 3. The van der Waals surface area contributed by atoms with Gasteiger partial charge in [-0.3, -0.25) is 0 Å². The fraction of sp³-hybridized carbons (Fsp3) is 0.143. The minimum Gasteiger partial charge on any atom is -0.455 e. The maximum absolute atomic E-state index is 7.14. The van der Waals surface area contributed by atoms with Crippen molar-refractivity contribution in [3.8, 4) is 44.5 Å². The van der Waals surface area contributed by atoms with E-state index in [1.807, 2.05) is 0 Å². The SMILES string of the molecule is Cc1ccc(-c2ccccc2)cc1N1c2cc3c(cc2B2c4c1cc1c(oc5ccccc51)c4-c1ccc(-c4ccccc4)cc1N2c1ccc(-c2ccccc2)cc1)C(C)(C)CCC3(C)C. The second-order valence-electron chi connectivity index (χ2n) is 20.4. The summed E-state index contributed by atoms with van der Waals surface area (Å²) in [7, 11) is 0. The number of fused-ring (bicyclic) bond motifs is 9. The first kappa shape index (κ1) is 39.8. The van der Waals surface area contributed by atoms with Crippen molar-refractivity contribution < 1.29 is 4.42 Å². The van der Waals surface area contributed by atoms with Gasteiger partial charge in [-0.05, 0) is 134 Å². The van der Waals surface area contributed by atoms with Crippen molar-refractivity contribution in [2.45, 2.75) is 58.3 Å². The van der Waals surface area contributed by atoms with Crippen LogP contribution in [0.1, 0.15) is 57.2 Å². The lowest BCUT2D eigenvalue weighted by atomic mass is 9.42. The van der Waals surface area contributed by atoms with E-state index in [9.17, 15) is 0 Å². The summed E-state index contributed by atoms with van der Waals surface area (Å²) in [4.78, 5) is 5.29. The quantitative estimate of drug-likeness (QED) is 0.161. The second kappa shape index (κ2) is 14.7. The molecule has 0 saturated heterocycles. The average molecular weight is 863 g/mol. The molecule has 2 aliphatic heterocycles. The van der Waals surface area contributed by atoms with Gasteiger partial charge in [-0.25, -0.2) is 0 Å². The van der Waals surface area contributed by atoms with E-state index in [0.717, 1.165) is 40.5 Å². The third-order valence-corrected chi connectivity index (χ3v) is 15.4. The average Bonchev–Trinajstić information content (AvgIpc) is 3.74. The van der Waals surface area contributed by atoms with E-state index in [2.05, 4.69) is 238 Å². The van der Waals surface area contributed by atoms with E-state index in [-0.39, 0.29) is 17.7 Å². The maximum atomic E-state index is 7.14. The van der Waals surface area contributed by atoms with E-state index >= 15 is 0 Å². The first-order valence-corrected chi connectivity index (χ1v) is 23.9. The van der Waals surface area contributed by atoms with Gasteiger partial charge in [-0.1, -0.05) is 179 Å². The van der Waals surface area contributed by atoms with E-state index < -0.39 is 0 Å². The molecule has 0 fully saturated rings.